The van der Waals surface area contributed by atoms with Gasteiger partial charge >= 0.3 is 0 Å². The van der Waals surface area contributed by atoms with Gasteiger partial charge < -0.3 is 24.3 Å². The third kappa shape index (κ3) is 17.7. The van der Waals surface area contributed by atoms with E-state index < -0.39 is 0 Å². The molecular formula is C20H37NO5. The number of hydrogen-bond acceptors (Lipinski definition) is 5. The lowest BCUT2D eigenvalue weighted by Crippen LogP contribution is -2.32. The van der Waals surface area contributed by atoms with Crippen LogP contribution in [0.1, 0.15) is 40.5 Å². The minimum atomic E-state index is 0.0710. The highest BCUT2D eigenvalue weighted by atomic mass is 16.6. The van der Waals surface area contributed by atoms with Crippen molar-refractivity contribution in [1.29, 1.82) is 0 Å². The molecule has 0 aliphatic rings. The Morgan fingerprint density at radius 3 is 1.96 bits per heavy atom. The summed E-state index contributed by atoms with van der Waals surface area (Å²) in [5.41, 5.74) is 0. The molecule has 1 unspecified atom stereocenters. The summed E-state index contributed by atoms with van der Waals surface area (Å²) in [7, 11) is 0. The summed E-state index contributed by atoms with van der Waals surface area (Å²) in [6.45, 7) is 12.8. The summed E-state index contributed by atoms with van der Waals surface area (Å²) in [6.07, 6.45) is 1.94. The molecule has 1 N–H and O–H groups in total. The zero-order valence-corrected chi connectivity index (χ0v) is 17.0. The Balaban J connectivity index is 3.20. The summed E-state index contributed by atoms with van der Waals surface area (Å²) in [5, 5.41) is 2.87. The lowest BCUT2D eigenvalue weighted by atomic mass is 10.1. The Labute approximate surface area is 159 Å². The van der Waals surface area contributed by atoms with E-state index in [1.807, 2.05) is 20.8 Å². The Hall–Kier alpha value is -1.13. The smallest absolute Gasteiger partial charge is 0.222 e. The molecule has 152 valence electrons. The molecule has 26 heavy (non-hydrogen) atoms. The van der Waals surface area contributed by atoms with E-state index in [1.54, 1.807) is 0 Å². The van der Waals surface area contributed by atoms with Gasteiger partial charge in [0.05, 0.1) is 46.2 Å². The van der Waals surface area contributed by atoms with Gasteiger partial charge in [-0.15, -0.1) is 0 Å². The predicted molar refractivity (Wildman–Crippen MR) is 103 cm³/mol. The first-order valence-corrected chi connectivity index (χ1v) is 9.65. The number of carbonyl (C=O) groups excluding carboxylic acids is 1. The van der Waals surface area contributed by atoms with Crippen molar-refractivity contribution in [3.8, 4) is 11.8 Å². The van der Waals surface area contributed by atoms with Gasteiger partial charge in [-0.3, -0.25) is 4.79 Å². The molecule has 0 heterocycles. The van der Waals surface area contributed by atoms with E-state index in [0.29, 0.717) is 65.3 Å². The van der Waals surface area contributed by atoms with Crippen LogP contribution in [0.2, 0.25) is 0 Å². The monoisotopic (exact) mass is 371 g/mol. The molecule has 0 bridgehead atoms. The summed E-state index contributed by atoms with van der Waals surface area (Å²) in [5.74, 6) is 6.54. The Morgan fingerprint density at radius 1 is 0.885 bits per heavy atom. The zero-order valence-electron chi connectivity index (χ0n) is 17.0. The van der Waals surface area contributed by atoms with E-state index >= 15 is 0 Å². The van der Waals surface area contributed by atoms with Crippen LogP contribution in [0.15, 0.2) is 0 Å². The van der Waals surface area contributed by atoms with Gasteiger partial charge in [-0.1, -0.05) is 46.0 Å². The van der Waals surface area contributed by atoms with Crippen LogP contribution in [0.5, 0.6) is 0 Å². The van der Waals surface area contributed by atoms with E-state index in [2.05, 4.69) is 24.1 Å². The van der Waals surface area contributed by atoms with E-state index in [0.717, 1.165) is 12.8 Å². The van der Waals surface area contributed by atoms with Gasteiger partial charge in [0.25, 0.3) is 0 Å². The molecule has 0 aromatic carbocycles. The standard InChI is InChI=1S/C20H37NO5/c1-5-7-19(4)20(22)21-9-11-24-13-15-26-17-16-25-14-12-23-10-6-8-18(2)3/h18-19H,5,7,9-17H2,1-4H3,(H,21,22). The maximum Gasteiger partial charge on any atom is 0.222 e. The van der Waals surface area contributed by atoms with Crippen LogP contribution >= 0.6 is 0 Å². The molecule has 0 rings (SSSR count). The molecule has 6 nitrogen and oxygen atoms in total. The van der Waals surface area contributed by atoms with E-state index in [-0.39, 0.29) is 11.8 Å². The van der Waals surface area contributed by atoms with Gasteiger partial charge in [0.15, 0.2) is 0 Å². The Morgan fingerprint density at radius 2 is 1.42 bits per heavy atom. The molecule has 0 aromatic rings. The second-order valence-electron chi connectivity index (χ2n) is 6.35. The van der Waals surface area contributed by atoms with Crippen LogP contribution < -0.4 is 5.32 Å². The number of hydrogen-bond donors (Lipinski definition) is 1. The van der Waals surface area contributed by atoms with Crippen molar-refractivity contribution in [2.75, 3.05) is 59.4 Å². The highest BCUT2D eigenvalue weighted by Crippen LogP contribution is 2.03. The molecule has 6 heteroatoms. The summed E-state index contributed by atoms with van der Waals surface area (Å²) < 4.78 is 21.5. The minimum absolute atomic E-state index is 0.0710. The number of carbonyl (C=O) groups is 1. The third-order valence-corrected chi connectivity index (χ3v) is 3.40. The van der Waals surface area contributed by atoms with Crippen LogP contribution in [-0.4, -0.2) is 65.3 Å². The normalized spacial score (nSPS) is 11.9. The van der Waals surface area contributed by atoms with Crippen molar-refractivity contribution in [2.45, 2.75) is 40.5 Å². The van der Waals surface area contributed by atoms with Crippen molar-refractivity contribution in [2.24, 2.45) is 11.8 Å². The molecule has 0 aliphatic carbocycles. The quantitative estimate of drug-likeness (QED) is 0.333. The number of nitrogens with one attached hydrogen (secondary N) is 1. The van der Waals surface area contributed by atoms with Crippen LogP contribution in [0, 0.1) is 23.7 Å². The molecule has 0 fully saturated rings. The number of rotatable bonds is 16. The molecule has 0 aliphatic heterocycles. The van der Waals surface area contributed by atoms with Crippen LogP contribution in [0.4, 0.5) is 0 Å². The van der Waals surface area contributed by atoms with E-state index in [4.69, 9.17) is 18.9 Å². The van der Waals surface area contributed by atoms with Crippen LogP contribution in [0.3, 0.4) is 0 Å². The third-order valence-electron chi connectivity index (χ3n) is 3.40. The topological polar surface area (TPSA) is 66.0 Å². The highest BCUT2D eigenvalue weighted by Gasteiger charge is 2.10. The molecular weight excluding hydrogens is 334 g/mol. The number of ether oxygens (including phenoxy) is 4. The molecule has 0 saturated carbocycles. The van der Waals surface area contributed by atoms with Gasteiger partial charge in [0, 0.05) is 18.4 Å². The first kappa shape index (κ1) is 24.9. The van der Waals surface area contributed by atoms with E-state index in [9.17, 15) is 4.79 Å². The van der Waals surface area contributed by atoms with Crippen molar-refractivity contribution in [3.63, 3.8) is 0 Å². The summed E-state index contributed by atoms with van der Waals surface area (Å²) in [4.78, 5) is 11.7. The average Bonchev–Trinajstić information content (AvgIpc) is 2.61. The van der Waals surface area contributed by atoms with Gasteiger partial charge in [0.2, 0.25) is 5.91 Å². The second kappa shape index (κ2) is 18.7. The molecule has 0 radical (unpaired) electrons. The molecule has 0 aromatic heterocycles. The van der Waals surface area contributed by atoms with Gasteiger partial charge in [-0.2, -0.15) is 0 Å². The largest absolute Gasteiger partial charge is 0.377 e. The molecule has 0 saturated heterocycles. The fraction of sp³-hybridized carbons (Fsp3) is 0.850. The highest BCUT2D eigenvalue weighted by molar-refractivity contribution is 5.78. The lowest BCUT2D eigenvalue weighted by molar-refractivity contribution is -0.124. The second-order valence-corrected chi connectivity index (χ2v) is 6.35. The maximum atomic E-state index is 11.7. The SMILES string of the molecule is CCCC(C)C(=O)NCCOCCOCCOCCOCC#CC(C)C. The van der Waals surface area contributed by atoms with Gasteiger partial charge in [-0.25, -0.2) is 0 Å². The Kier molecular flexibility index (Phi) is 17.8. The van der Waals surface area contributed by atoms with E-state index in [1.165, 1.54) is 0 Å². The molecule has 1 atom stereocenters. The number of amides is 1. The zero-order chi connectivity index (χ0) is 19.5. The van der Waals surface area contributed by atoms with Crippen molar-refractivity contribution >= 4 is 5.91 Å². The first-order chi connectivity index (χ1) is 12.6. The Bertz CT molecular complexity index is 389. The first-order valence-electron chi connectivity index (χ1n) is 9.65. The minimum Gasteiger partial charge on any atom is -0.377 e. The predicted octanol–water partition coefficient (Wildman–Crippen LogP) is 2.26. The van der Waals surface area contributed by atoms with Crippen molar-refractivity contribution in [1.82, 2.24) is 5.32 Å². The molecule has 1 amide bonds. The maximum absolute atomic E-state index is 11.7. The van der Waals surface area contributed by atoms with Crippen molar-refractivity contribution in [3.05, 3.63) is 0 Å². The summed E-state index contributed by atoms with van der Waals surface area (Å²) in [6, 6.07) is 0. The molecule has 0 spiro atoms. The fourth-order valence-corrected chi connectivity index (χ4v) is 2.01. The average molecular weight is 372 g/mol. The van der Waals surface area contributed by atoms with Crippen LogP contribution in [-0.2, 0) is 23.7 Å². The van der Waals surface area contributed by atoms with Gasteiger partial charge in [0.1, 0.15) is 6.61 Å². The van der Waals surface area contributed by atoms with Crippen LogP contribution in [0.25, 0.3) is 0 Å². The van der Waals surface area contributed by atoms with Crippen molar-refractivity contribution < 1.29 is 23.7 Å². The summed E-state index contributed by atoms with van der Waals surface area (Å²) >= 11 is 0. The fourth-order valence-electron chi connectivity index (χ4n) is 2.01. The lowest BCUT2D eigenvalue weighted by Gasteiger charge is -2.11. The van der Waals surface area contributed by atoms with Gasteiger partial charge in [-0.05, 0) is 6.42 Å².